The summed E-state index contributed by atoms with van der Waals surface area (Å²) in [6, 6.07) is 0. The molecule has 0 rings (SSSR count). The zero-order valence-electron chi connectivity index (χ0n) is 6.42. The Hall–Kier alpha value is -0.130. The van der Waals surface area contributed by atoms with E-state index in [2.05, 4.69) is 0 Å². The molecule has 0 radical (unpaired) electrons. The van der Waals surface area contributed by atoms with E-state index < -0.39 is 15.6 Å². The highest BCUT2D eigenvalue weighted by molar-refractivity contribution is 7.89. The van der Waals surface area contributed by atoms with Gasteiger partial charge in [0.2, 0.25) is 10.0 Å². The number of ether oxygens (including phenoxy) is 1. The highest BCUT2D eigenvalue weighted by Crippen LogP contribution is 2.08. The van der Waals surface area contributed by atoms with Crippen LogP contribution in [0.5, 0.6) is 0 Å². The van der Waals surface area contributed by atoms with Gasteiger partial charge in [0.1, 0.15) is 0 Å². The van der Waals surface area contributed by atoms with Crippen molar-refractivity contribution < 1.29 is 13.2 Å². The van der Waals surface area contributed by atoms with Gasteiger partial charge in [-0.25, -0.2) is 13.6 Å². The molecule has 0 aromatic heterocycles. The van der Waals surface area contributed by atoms with Crippen LogP contribution in [-0.4, -0.2) is 26.9 Å². The quantitative estimate of drug-likeness (QED) is 0.627. The minimum Gasteiger partial charge on any atom is -0.378 e. The predicted molar refractivity (Wildman–Crippen MR) is 39.1 cm³/mol. The van der Waals surface area contributed by atoms with Crippen molar-refractivity contribution in [2.24, 2.45) is 5.14 Å². The maximum Gasteiger partial charge on any atom is 0.211 e. The summed E-state index contributed by atoms with van der Waals surface area (Å²) in [4.78, 5) is 0. The van der Waals surface area contributed by atoms with E-state index in [0.29, 0.717) is 0 Å². The second kappa shape index (κ2) is 2.86. The lowest BCUT2D eigenvalue weighted by Gasteiger charge is -2.20. The number of hydrogen-bond acceptors (Lipinski definition) is 3. The first kappa shape index (κ1) is 9.87. The Labute approximate surface area is 61.4 Å². The van der Waals surface area contributed by atoms with Crippen LogP contribution in [-0.2, 0) is 14.8 Å². The number of methoxy groups -OCH3 is 1. The molecule has 0 spiro atoms. The summed E-state index contributed by atoms with van der Waals surface area (Å²) >= 11 is 0. The molecule has 0 fully saturated rings. The average molecular weight is 167 g/mol. The van der Waals surface area contributed by atoms with Crippen molar-refractivity contribution in [2.45, 2.75) is 19.4 Å². The van der Waals surface area contributed by atoms with Gasteiger partial charge < -0.3 is 4.74 Å². The molecule has 0 aromatic carbocycles. The van der Waals surface area contributed by atoms with Crippen molar-refractivity contribution in [3.05, 3.63) is 0 Å². The molecule has 0 amide bonds. The van der Waals surface area contributed by atoms with Crippen LogP contribution in [0, 0.1) is 0 Å². The summed E-state index contributed by atoms with van der Waals surface area (Å²) in [5, 5.41) is 4.79. The predicted octanol–water partition coefficient (Wildman–Crippen LogP) is -0.300. The highest BCUT2D eigenvalue weighted by Gasteiger charge is 2.22. The Bertz CT molecular complexity index is 195. The van der Waals surface area contributed by atoms with Crippen LogP contribution in [0.3, 0.4) is 0 Å². The van der Waals surface area contributed by atoms with Crippen LogP contribution in [0.4, 0.5) is 0 Å². The molecule has 0 heterocycles. The van der Waals surface area contributed by atoms with Crippen molar-refractivity contribution in [3.63, 3.8) is 0 Å². The minimum absolute atomic E-state index is 0.156. The monoisotopic (exact) mass is 167 g/mol. The van der Waals surface area contributed by atoms with Gasteiger partial charge in [0.25, 0.3) is 0 Å². The third-order valence-corrected chi connectivity index (χ3v) is 2.20. The summed E-state index contributed by atoms with van der Waals surface area (Å²) in [7, 11) is -1.97. The second-order valence-corrected chi connectivity index (χ2v) is 4.39. The lowest BCUT2D eigenvalue weighted by Crippen LogP contribution is -2.35. The highest BCUT2D eigenvalue weighted by atomic mass is 32.2. The Morgan fingerprint density at radius 3 is 2.00 bits per heavy atom. The van der Waals surface area contributed by atoms with E-state index in [4.69, 9.17) is 9.88 Å². The SMILES string of the molecule is COC(C)(C)CS(N)(=O)=O. The van der Waals surface area contributed by atoms with E-state index >= 15 is 0 Å². The number of primary sulfonamides is 1. The zero-order chi connectivity index (χ0) is 8.41. The maximum absolute atomic E-state index is 10.5. The molecule has 0 atom stereocenters. The van der Waals surface area contributed by atoms with Crippen LogP contribution in [0.25, 0.3) is 0 Å². The van der Waals surface area contributed by atoms with Crippen LogP contribution < -0.4 is 5.14 Å². The van der Waals surface area contributed by atoms with Gasteiger partial charge in [0.15, 0.2) is 0 Å². The normalized spacial score (nSPS) is 13.6. The molecular formula is C5H13NO3S. The molecule has 0 aromatic rings. The largest absolute Gasteiger partial charge is 0.378 e. The molecule has 5 heteroatoms. The van der Waals surface area contributed by atoms with Crippen molar-refractivity contribution in [1.29, 1.82) is 0 Å². The molecule has 0 aliphatic carbocycles. The summed E-state index contributed by atoms with van der Waals surface area (Å²) in [5.74, 6) is -0.156. The Kier molecular flexibility index (Phi) is 2.82. The smallest absolute Gasteiger partial charge is 0.211 e. The molecule has 2 N–H and O–H groups in total. The van der Waals surface area contributed by atoms with Crippen molar-refractivity contribution in [1.82, 2.24) is 0 Å². The van der Waals surface area contributed by atoms with Gasteiger partial charge in [-0.1, -0.05) is 0 Å². The van der Waals surface area contributed by atoms with Crippen molar-refractivity contribution in [3.8, 4) is 0 Å². The fourth-order valence-corrected chi connectivity index (χ4v) is 1.63. The van der Waals surface area contributed by atoms with Gasteiger partial charge >= 0.3 is 0 Å². The number of rotatable bonds is 3. The van der Waals surface area contributed by atoms with Crippen molar-refractivity contribution >= 4 is 10.0 Å². The lowest BCUT2D eigenvalue weighted by atomic mass is 10.2. The number of hydrogen-bond donors (Lipinski definition) is 1. The third-order valence-electron chi connectivity index (χ3n) is 1.10. The van der Waals surface area contributed by atoms with E-state index in [1.165, 1.54) is 7.11 Å². The average Bonchev–Trinajstić information content (AvgIpc) is 1.60. The summed E-state index contributed by atoms with van der Waals surface area (Å²) in [6.45, 7) is 3.33. The first-order chi connectivity index (χ1) is 4.27. The van der Waals surface area contributed by atoms with Gasteiger partial charge in [-0.3, -0.25) is 0 Å². The van der Waals surface area contributed by atoms with E-state index in [1.54, 1.807) is 13.8 Å². The Morgan fingerprint density at radius 2 is 1.90 bits per heavy atom. The fourth-order valence-electron chi connectivity index (χ4n) is 0.543. The topological polar surface area (TPSA) is 69.4 Å². The molecule has 62 valence electrons. The second-order valence-electron chi connectivity index (χ2n) is 2.77. The van der Waals surface area contributed by atoms with Gasteiger partial charge in [0.05, 0.1) is 11.4 Å². The van der Waals surface area contributed by atoms with Crippen LogP contribution >= 0.6 is 0 Å². The first-order valence-corrected chi connectivity index (χ1v) is 4.54. The number of sulfonamides is 1. The van der Waals surface area contributed by atoms with Crippen LogP contribution in [0.15, 0.2) is 0 Å². The maximum atomic E-state index is 10.5. The Balaban J connectivity index is 4.16. The molecule has 4 nitrogen and oxygen atoms in total. The van der Waals surface area contributed by atoms with E-state index in [9.17, 15) is 8.42 Å². The van der Waals surface area contributed by atoms with Crippen LogP contribution in [0.1, 0.15) is 13.8 Å². The third kappa shape index (κ3) is 4.72. The first-order valence-electron chi connectivity index (χ1n) is 2.82. The van der Waals surface area contributed by atoms with Gasteiger partial charge in [-0.2, -0.15) is 0 Å². The molecule has 0 bridgehead atoms. The van der Waals surface area contributed by atoms with Gasteiger partial charge in [-0.05, 0) is 13.8 Å². The van der Waals surface area contributed by atoms with Crippen molar-refractivity contribution in [2.75, 3.05) is 12.9 Å². The molecule has 0 aliphatic rings. The van der Waals surface area contributed by atoms with Crippen LogP contribution in [0.2, 0.25) is 0 Å². The molecule has 0 aliphatic heterocycles. The Morgan fingerprint density at radius 1 is 1.50 bits per heavy atom. The fraction of sp³-hybridized carbons (Fsp3) is 1.00. The number of nitrogens with two attached hydrogens (primary N) is 1. The van der Waals surface area contributed by atoms with E-state index in [1.807, 2.05) is 0 Å². The summed E-state index contributed by atoms with van der Waals surface area (Å²) in [5.41, 5.74) is -0.687. The van der Waals surface area contributed by atoms with Gasteiger partial charge in [0, 0.05) is 7.11 Å². The van der Waals surface area contributed by atoms with Gasteiger partial charge in [-0.15, -0.1) is 0 Å². The minimum atomic E-state index is -3.42. The molecule has 0 saturated carbocycles. The molecule has 0 unspecified atom stereocenters. The van der Waals surface area contributed by atoms with E-state index in [0.717, 1.165) is 0 Å². The lowest BCUT2D eigenvalue weighted by molar-refractivity contribution is 0.0426. The molecule has 0 saturated heterocycles. The zero-order valence-corrected chi connectivity index (χ0v) is 7.23. The summed E-state index contributed by atoms with van der Waals surface area (Å²) < 4.78 is 25.9. The molecular weight excluding hydrogens is 154 g/mol. The standard InChI is InChI=1S/C5H13NO3S/c1-5(2,9-3)4-10(6,7)8/h4H2,1-3H3,(H2,6,7,8). The van der Waals surface area contributed by atoms with E-state index in [-0.39, 0.29) is 5.75 Å². The molecule has 10 heavy (non-hydrogen) atoms. The summed E-state index contributed by atoms with van der Waals surface area (Å²) in [6.07, 6.45) is 0.